The molecule has 0 aliphatic carbocycles. The van der Waals surface area contributed by atoms with Crippen LogP contribution in [0.5, 0.6) is 11.5 Å². The standard InChI is InChI=1S/C24H20ClN3O5S/c1-13-18-10-21(34-23(18)28(27-13)17-6-4-16(25)5-7-17)24(30)33-14(2)22(29)26-11-15-3-8-19-20(9-15)32-12-31-19/h3-10,14H,11-12H2,1-2H3,(H,26,29). The summed E-state index contributed by atoms with van der Waals surface area (Å²) in [7, 11) is 0. The number of esters is 1. The molecule has 0 fully saturated rings. The third-order valence-corrected chi connectivity index (χ3v) is 6.72. The number of hydrogen-bond acceptors (Lipinski definition) is 7. The summed E-state index contributed by atoms with van der Waals surface area (Å²) in [5.41, 5.74) is 2.47. The van der Waals surface area contributed by atoms with E-state index < -0.39 is 18.0 Å². The van der Waals surface area contributed by atoms with Crippen LogP contribution in [-0.2, 0) is 16.1 Å². The van der Waals surface area contributed by atoms with Gasteiger partial charge in [0, 0.05) is 17.0 Å². The van der Waals surface area contributed by atoms with Gasteiger partial charge in [0.2, 0.25) is 6.79 Å². The van der Waals surface area contributed by atoms with Crippen molar-refractivity contribution >= 4 is 45.0 Å². The smallest absolute Gasteiger partial charge is 0.349 e. The fourth-order valence-corrected chi connectivity index (χ4v) is 4.75. The maximum Gasteiger partial charge on any atom is 0.349 e. The molecule has 34 heavy (non-hydrogen) atoms. The molecule has 0 bridgehead atoms. The summed E-state index contributed by atoms with van der Waals surface area (Å²) >= 11 is 7.25. The zero-order valence-electron chi connectivity index (χ0n) is 18.3. The molecule has 0 radical (unpaired) electrons. The first kappa shape index (κ1) is 22.2. The van der Waals surface area contributed by atoms with Crippen LogP contribution in [0, 0.1) is 6.92 Å². The van der Waals surface area contributed by atoms with E-state index in [4.69, 9.17) is 25.8 Å². The van der Waals surface area contributed by atoms with Gasteiger partial charge in [0.05, 0.1) is 11.4 Å². The van der Waals surface area contributed by atoms with E-state index in [9.17, 15) is 9.59 Å². The number of fused-ring (bicyclic) bond motifs is 2. The van der Waals surface area contributed by atoms with E-state index in [1.165, 1.54) is 11.3 Å². The van der Waals surface area contributed by atoms with Crippen molar-refractivity contribution in [2.45, 2.75) is 26.5 Å². The molecule has 5 rings (SSSR count). The topological polar surface area (TPSA) is 91.7 Å². The van der Waals surface area contributed by atoms with Gasteiger partial charge < -0.3 is 19.5 Å². The molecule has 3 heterocycles. The molecule has 0 spiro atoms. The summed E-state index contributed by atoms with van der Waals surface area (Å²) in [5, 5.41) is 8.83. The molecule has 4 aromatic rings. The first-order chi connectivity index (χ1) is 16.4. The largest absolute Gasteiger partial charge is 0.454 e. The predicted molar refractivity (Wildman–Crippen MR) is 128 cm³/mol. The second-order valence-electron chi connectivity index (χ2n) is 7.76. The zero-order chi connectivity index (χ0) is 23.8. The van der Waals surface area contributed by atoms with Crippen LogP contribution < -0.4 is 14.8 Å². The van der Waals surface area contributed by atoms with Gasteiger partial charge in [-0.25, -0.2) is 9.48 Å². The van der Waals surface area contributed by atoms with Crippen LogP contribution in [0.4, 0.5) is 0 Å². The second kappa shape index (κ2) is 9.00. The van der Waals surface area contributed by atoms with Crippen molar-refractivity contribution in [1.82, 2.24) is 15.1 Å². The first-order valence-corrected chi connectivity index (χ1v) is 11.7. The van der Waals surface area contributed by atoms with Crippen molar-refractivity contribution < 1.29 is 23.8 Å². The summed E-state index contributed by atoms with van der Waals surface area (Å²) in [4.78, 5) is 26.5. The Kier molecular flexibility index (Phi) is 5.89. The van der Waals surface area contributed by atoms with E-state index in [1.807, 2.05) is 31.2 Å². The lowest BCUT2D eigenvalue weighted by atomic mass is 10.2. The number of nitrogens with one attached hydrogen (secondary N) is 1. The molecule has 2 aromatic heterocycles. The molecule has 1 amide bonds. The number of nitrogens with zero attached hydrogens (tertiary/aromatic N) is 2. The molecular formula is C24H20ClN3O5S. The fraction of sp³-hybridized carbons (Fsp3) is 0.208. The van der Waals surface area contributed by atoms with E-state index >= 15 is 0 Å². The van der Waals surface area contributed by atoms with Crippen molar-refractivity contribution in [3.63, 3.8) is 0 Å². The Bertz CT molecular complexity index is 1400. The van der Waals surface area contributed by atoms with E-state index in [0.717, 1.165) is 27.2 Å². The van der Waals surface area contributed by atoms with Gasteiger partial charge in [0.1, 0.15) is 9.71 Å². The lowest BCUT2D eigenvalue weighted by Gasteiger charge is -2.13. The van der Waals surface area contributed by atoms with E-state index in [1.54, 1.807) is 35.9 Å². The van der Waals surface area contributed by atoms with Crippen LogP contribution in [0.15, 0.2) is 48.5 Å². The van der Waals surface area contributed by atoms with Gasteiger partial charge in [0.25, 0.3) is 5.91 Å². The maximum absolute atomic E-state index is 12.8. The lowest BCUT2D eigenvalue weighted by molar-refractivity contribution is -0.129. The maximum atomic E-state index is 12.8. The van der Waals surface area contributed by atoms with Crippen LogP contribution >= 0.6 is 22.9 Å². The minimum atomic E-state index is -0.958. The lowest BCUT2D eigenvalue weighted by Crippen LogP contribution is -2.35. The number of hydrogen-bond donors (Lipinski definition) is 1. The molecule has 174 valence electrons. The van der Waals surface area contributed by atoms with Crippen LogP contribution in [-0.4, -0.2) is 34.6 Å². The number of carbonyl (C=O) groups excluding carboxylic acids is 2. The predicted octanol–water partition coefficient (Wildman–Crippen LogP) is 4.64. The molecule has 8 nitrogen and oxygen atoms in total. The molecule has 1 unspecified atom stereocenters. The molecule has 10 heteroatoms. The first-order valence-electron chi connectivity index (χ1n) is 10.5. The Morgan fingerprint density at radius 2 is 1.94 bits per heavy atom. The number of halogens is 1. The molecule has 1 aliphatic rings. The number of thiophene rings is 1. The van der Waals surface area contributed by atoms with Gasteiger partial charge in [-0.1, -0.05) is 17.7 Å². The van der Waals surface area contributed by atoms with E-state index in [0.29, 0.717) is 21.4 Å². The third kappa shape index (κ3) is 4.32. The zero-order valence-corrected chi connectivity index (χ0v) is 19.9. The quantitative estimate of drug-likeness (QED) is 0.390. The van der Waals surface area contributed by atoms with Crippen LogP contribution in [0.2, 0.25) is 5.02 Å². The van der Waals surface area contributed by atoms with Crippen LogP contribution in [0.25, 0.3) is 15.9 Å². The number of ether oxygens (including phenoxy) is 3. The normalized spacial score (nSPS) is 13.1. The van der Waals surface area contributed by atoms with Crippen molar-refractivity contribution in [2.24, 2.45) is 0 Å². The van der Waals surface area contributed by atoms with Crippen molar-refractivity contribution in [3.05, 3.63) is 69.7 Å². The molecule has 1 N–H and O–H groups in total. The molecule has 1 aliphatic heterocycles. The van der Waals surface area contributed by atoms with Gasteiger partial charge in [-0.05, 0) is 61.9 Å². The van der Waals surface area contributed by atoms with E-state index in [2.05, 4.69) is 10.4 Å². The highest BCUT2D eigenvalue weighted by Crippen LogP contribution is 2.33. The number of carbonyl (C=O) groups is 2. The third-order valence-electron chi connectivity index (χ3n) is 5.37. The Labute approximate surface area is 204 Å². The number of aromatic nitrogens is 2. The highest BCUT2D eigenvalue weighted by Gasteiger charge is 2.23. The summed E-state index contributed by atoms with van der Waals surface area (Å²) in [6, 6.07) is 14.5. The Morgan fingerprint density at radius 1 is 1.18 bits per heavy atom. The summed E-state index contributed by atoms with van der Waals surface area (Å²) in [6.45, 7) is 3.88. The van der Waals surface area contributed by atoms with Gasteiger partial charge >= 0.3 is 5.97 Å². The fourth-order valence-electron chi connectivity index (χ4n) is 3.56. The van der Waals surface area contributed by atoms with Crippen molar-refractivity contribution in [1.29, 1.82) is 0 Å². The summed E-state index contributed by atoms with van der Waals surface area (Å²) < 4.78 is 17.8. The SMILES string of the molecule is Cc1nn(-c2ccc(Cl)cc2)c2sc(C(=O)OC(C)C(=O)NCc3ccc4c(c3)OCO4)cc12. The summed E-state index contributed by atoms with van der Waals surface area (Å²) in [5.74, 6) is 0.364. The number of amides is 1. The van der Waals surface area contributed by atoms with E-state index in [-0.39, 0.29) is 13.3 Å². The van der Waals surface area contributed by atoms with Crippen molar-refractivity contribution in [3.8, 4) is 17.2 Å². The minimum Gasteiger partial charge on any atom is -0.454 e. The molecule has 0 saturated carbocycles. The van der Waals surface area contributed by atoms with Crippen LogP contribution in [0.3, 0.4) is 0 Å². The Morgan fingerprint density at radius 3 is 2.74 bits per heavy atom. The van der Waals surface area contributed by atoms with Gasteiger partial charge in [-0.2, -0.15) is 5.10 Å². The van der Waals surface area contributed by atoms with Gasteiger partial charge in [-0.3, -0.25) is 4.79 Å². The average Bonchev–Trinajstić information content (AvgIpc) is 3.54. The molecule has 2 aromatic carbocycles. The molecular weight excluding hydrogens is 478 g/mol. The highest BCUT2D eigenvalue weighted by atomic mass is 35.5. The molecule has 0 saturated heterocycles. The minimum absolute atomic E-state index is 0.188. The number of benzene rings is 2. The number of rotatable bonds is 6. The van der Waals surface area contributed by atoms with Crippen molar-refractivity contribution in [2.75, 3.05) is 6.79 Å². The Balaban J connectivity index is 1.25. The Hall–Kier alpha value is -3.56. The average molecular weight is 498 g/mol. The molecule has 1 atom stereocenters. The highest BCUT2D eigenvalue weighted by molar-refractivity contribution is 7.20. The monoisotopic (exact) mass is 497 g/mol. The van der Waals surface area contributed by atoms with Gasteiger partial charge in [-0.15, -0.1) is 11.3 Å². The summed E-state index contributed by atoms with van der Waals surface area (Å²) in [6.07, 6.45) is -0.958. The van der Waals surface area contributed by atoms with Crippen LogP contribution in [0.1, 0.15) is 27.9 Å². The second-order valence-corrected chi connectivity index (χ2v) is 9.22. The van der Waals surface area contributed by atoms with Gasteiger partial charge in [0.15, 0.2) is 17.6 Å². The number of aryl methyl sites for hydroxylation is 1.